The summed E-state index contributed by atoms with van der Waals surface area (Å²) in [6.07, 6.45) is 0. The summed E-state index contributed by atoms with van der Waals surface area (Å²) in [6, 6.07) is 4.85. The maximum absolute atomic E-state index is 13.4. The second-order valence-corrected chi connectivity index (χ2v) is 4.72. The molecule has 0 aliphatic carbocycles. The fourth-order valence-electron chi connectivity index (χ4n) is 1.40. The Kier molecular flexibility index (Phi) is 2.68. The highest BCUT2D eigenvalue weighted by atomic mass is 19.1. The second kappa shape index (κ2) is 3.87. The quantitative estimate of drug-likeness (QED) is 0.848. The van der Waals surface area contributed by atoms with E-state index in [1.165, 1.54) is 6.07 Å². The van der Waals surface area contributed by atoms with Crippen molar-refractivity contribution in [2.24, 2.45) is 0 Å². The summed E-state index contributed by atoms with van der Waals surface area (Å²) in [6.45, 7) is 6.26. The van der Waals surface area contributed by atoms with E-state index in [2.05, 4.69) is 9.97 Å². The Morgan fingerprint density at radius 1 is 1.38 bits per heavy atom. The number of hydrogen-bond donors (Lipinski definition) is 1. The van der Waals surface area contributed by atoms with Gasteiger partial charge in [0.15, 0.2) is 5.82 Å². The van der Waals surface area contributed by atoms with Gasteiger partial charge in [-0.3, -0.25) is 0 Å². The number of ether oxygens (including phenoxy) is 1. The number of benzene rings is 1. The second-order valence-electron chi connectivity index (χ2n) is 4.72. The molecule has 16 heavy (non-hydrogen) atoms. The van der Waals surface area contributed by atoms with Gasteiger partial charge in [-0.25, -0.2) is 9.37 Å². The monoisotopic (exact) mass is 222 g/mol. The van der Waals surface area contributed by atoms with E-state index < -0.39 is 0 Å². The molecule has 0 saturated carbocycles. The average Bonchev–Trinajstić information content (AvgIpc) is 2.58. The molecule has 86 valence electrons. The lowest BCUT2D eigenvalue weighted by atomic mass is 10.2. The van der Waals surface area contributed by atoms with E-state index in [4.69, 9.17) is 4.74 Å². The van der Waals surface area contributed by atoms with Crippen molar-refractivity contribution in [3.05, 3.63) is 29.8 Å². The van der Waals surface area contributed by atoms with Crippen molar-refractivity contribution in [3.8, 4) is 0 Å². The molecule has 1 aromatic heterocycles. The molecule has 2 rings (SSSR count). The molecule has 0 aliphatic rings. The van der Waals surface area contributed by atoms with Gasteiger partial charge in [-0.05, 0) is 32.9 Å². The van der Waals surface area contributed by atoms with Crippen LogP contribution in [-0.4, -0.2) is 15.6 Å². The number of para-hydroxylation sites is 1. The van der Waals surface area contributed by atoms with E-state index in [1.54, 1.807) is 12.1 Å². The van der Waals surface area contributed by atoms with E-state index >= 15 is 0 Å². The number of fused-ring (bicyclic) bond motifs is 1. The zero-order valence-electron chi connectivity index (χ0n) is 9.67. The van der Waals surface area contributed by atoms with Gasteiger partial charge >= 0.3 is 0 Å². The van der Waals surface area contributed by atoms with Gasteiger partial charge in [0.25, 0.3) is 0 Å². The van der Waals surface area contributed by atoms with Crippen LogP contribution in [0, 0.1) is 5.82 Å². The molecule has 0 aliphatic heterocycles. The van der Waals surface area contributed by atoms with Crippen molar-refractivity contribution in [2.45, 2.75) is 33.0 Å². The molecule has 2 aromatic rings. The van der Waals surface area contributed by atoms with Gasteiger partial charge in [0.05, 0.1) is 11.1 Å². The van der Waals surface area contributed by atoms with Crippen molar-refractivity contribution in [1.29, 1.82) is 0 Å². The SMILES string of the molecule is CC(C)(C)OCc1nc2c(F)cccc2[nH]1. The molecule has 1 aromatic carbocycles. The predicted molar refractivity (Wildman–Crippen MR) is 60.6 cm³/mol. The first-order valence-electron chi connectivity index (χ1n) is 5.23. The first-order chi connectivity index (χ1) is 7.46. The highest BCUT2D eigenvalue weighted by Gasteiger charge is 2.12. The molecule has 0 fully saturated rings. The summed E-state index contributed by atoms with van der Waals surface area (Å²) in [4.78, 5) is 7.19. The van der Waals surface area contributed by atoms with E-state index in [-0.39, 0.29) is 11.4 Å². The standard InChI is InChI=1S/C12H15FN2O/c1-12(2,3)16-7-10-14-9-6-4-5-8(13)11(9)15-10/h4-6H,7H2,1-3H3,(H,14,15). The molecule has 0 radical (unpaired) electrons. The average molecular weight is 222 g/mol. The molecule has 3 nitrogen and oxygen atoms in total. The molecular weight excluding hydrogens is 207 g/mol. The first-order valence-corrected chi connectivity index (χ1v) is 5.23. The summed E-state index contributed by atoms with van der Waals surface area (Å²) in [5.74, 6) is 0.339. The first kappa shape index (κ1) is 11.1. The molecule has 0 amide bonds. The number of aromatic amines is 1. The maximum atomic E-state index is 13.4. The van der Waals surface area contributed by atoms with E-state index in [9.17, 15) is 4.39 Å². The van der Waals surface area contributed by atoms with Crippen molar-refractivity contribution in [3.63, 3.8) is 0 Å². The maximum Gasteiger partial charge on any atom is 0.151 e. The molecule has 0 saturated heterocycles. The third kappa shape index (κ3) is 2.39. The van der Waals surface area contributed by atoms with Crippen LogP contribution in [0.2, 0.25) is 0 Å². The lowest BCUT2D eigenvalue weighted by molar-refractivity contribution is -0.0177. The Morgan fingerprint density at radius 2 is 2.12 bits per heavy atom. The summed E-state index contributed by atoms with van der Waals surface area (Å²) >= 11 is 0. The van der Waals surface area contributed by atoms with E-state index in [1.807, 2.05) is 20.8 Å². The van der Waals surface area contributed by atoms with Crippen LogP contribution in [0.3, 0.4) is 0 Å². The number of hydrogen-bond acceptors (Lipinski definition) is 2. The van der Waals surface area contributed by atoms with Crippen LogP contribution in [0.15, 0.2) is 18.2 Å². The lowest BCUT2D eigenvalue weighted by Crippen LogP contribution is -2.19. The Morgan fingerprint density at radius 3 is 2.75 bits per heavy atom. The molecule has 1 N–H and O–H groups in total. The van der Waals surface area contributed by atoms with Crippen molar-refractivity contribution < 1.29 is 9.13 Å². The van der Waals surface area contributed by atoms with Crippen LogP contribution >= 0.6 is 0 Å². The predicted octanol–water partition coefficient (Wildman–Crippen LogP) is 3.02. The largest absolute Gasteiger partial charge is 0.368 e. The van der Waals surface area contributed by atoms with E-state index in [0.717, 1.165) is 0 Å². The van der Waals surface area contributed by atoms with E-state index in [0.29, 0.717) is 23.5 Å². The normalized spacial score (nSPS) is 12.2. The Balaban J connectivity index is 2.24. The minimum absolute atomic E-state index is 0.225. The number of nitrogens with zero attached hydrogens (tertiary/aromatic N) is 1. The Labute approximate surface area is 93.6 Å². The number of H-pyrrole nitrogens is 1. The number of nitrogens with one attached hydrogen (secondary N) is 1. The van der Waals surface area contributed by atoms with Gasteiger partial charge in [-0.2, -0.15) is 0 Å². The zero-order chi connectivity index (χ0) is 11.8. The molecule has 0 unspecified atom stereocenters. The lowest BCUT2D eigenvalue weighted by Gasteiger charge is -2.18. The fourth-order valence-corrected chi connectivity index (χ4v) is 1.40. The van der Waals surface area contributed by atoms with Gasteiger partial charge in [0.2, 0.25) is 0 Å². The molecule has 1 heterocycles. The summed E-state index contributed by atoms with van der Waals surface area (Å²) in [5, 5.41) is 0. The van der Waals surface area contributed by atoms with Crippen LogP contribution in [0.4, 0.5) is 4.39 Å². The molecule has 0 bridgehead atoms. The van der Waals surface area contributed by atoms with Crippen molar-refractivity contribution in [1.82, 2.24) is 9.97 Å². The Hall–Kier alpha value is -1.42. The Bertz CT molecular complexity index is 499. The third-order valence-corrected chi connectivity index (χ3v) is 2.15. The summed E-state index contributed by atoms with van der Waals surface area (Å²) in [5.41, 5.74) is 0.847. The number of rotatable bonds is 2. The topological polar surface area (TPSA) is 37.9 Å². The van der Waals surface area contributed by atoms with Gasteiger partial charge in [0.1, 0.15) is 17.9 Å². The van der Waals surface area contributed by atoms with Crippen LogP contribution in [-0.2, 0) is 11.3 Å². The van der Waals surface area contributed by atoms with Crippen molar-refractivity contribution >= 4 is 11.0 Å². The zero-order valence-corrected chi connectivity index (χ0v) is 9.67. The van der Waals surface area contributed by atoms with Gasteiger partial charge in [-0.15, -0.1) is 0 Å². The third-order valence-electron chi connectivity index (χ3n) is 2.15. The van der Waals surface area contributed by atoms with Crippen LogP contribution in [0.1, 0.15) is 26.6 Å². The molecule has 4 heteroatoms. The molecule has 0 atom stereocenters. The van der Waals surface area contributed by atoms with Crippen LogP contribution in [0.5, 0.6) is 0 Å². The highest BCUT2D eigenvalue weighted by molar-refractivity contribution is 5.75. The highest BCUT2D eigenvalue weighted by Crippen LogP contribution is 2.16. The van der Waals surface area contributed by atoms with Gasteiger partial charge in [0, 0.05) is 0 Å². The van der Waals surface area contributed by atoms with Gasteiger partial charge in [-0.1, -0.05) is 6.07 Å². The van der Waals surface area contributed by atoms with Crippen LogP contribution < -0.4 is 0 Å². The van der Waals surface area contributed by atoms with Crippen LogP contribution in [0.25, 0.3) is 11.0 Å². The molecule has 0 spiro atoms. The smallest absolute Gasteiger partial charge is 0.151 e. The fraction of sp³-hybridized carbons (Fsp3) is 0.417. The van der Waals surface area contributed by atoms with Crippen molar-refractivity contribution in [2.75, 3.05) is 0 Å². The molecular formula is C12H15FN2O. The minimum Gasteiger partial charge on any atom is -0.368 e. The number of aromatic nitrogens is 2. The van der Waals surface area contributed by atoms with Gasteiger partial charge < -0.3 is 9.72 Å². The number of halogens is 1. The number of imidazole rings is 1. The minimum atomic E-state index is -0.309. The summed E-state index contributed by atoms with van der Waals surface area (Å²) < 4.78 is 18.9. The summed E-state index contributed by atoms with van der Waals surface area (Å²) in [7, 11) is 0.